The molecule has 0 rings (SSSR count). The van der Waals surface area contributed by atoms with Gasteiger partial charge in [0.25, 0.3) is 0 Å². The maximum absolute atomic E-state index is 8.12. The molecule has 0 aromatic heterocycles. The third-order valence-corrected chi connectivity index (χ3v) is 0. The van der Waals surface area contributed by atoms with E-state index in [9.17, 15) is 0 Å². The number of hydrogen-bond acceptors (Lipinski definition) is 2. The molecule has 0 N–H and O–H groups in total. The summed E-state index contributed by atoms with van der Waals surface area (Å²) in [5, 5.41) is 0. The Morgan fingerprint density at radius 3 is 1.00 bits per heavy atom. The van der Waals surface area contributed by atoms with Crippen molar-refractivity contribution in [1.82, 2.24) is 0 Å². The SMILES string of the molecule is O=C=O.[Cl-].[Cl-].[K+].[Na+]. The van der Waals surface area contributed by atoms with Crippen molar-refractivity contribution in [2.24, 2.45) is 0 Å². The Hall–Kier alpha value is 2.60. The van der Waals surface area contributed by atoms with Gasteiger partial charge >= 0.3 is 87.1 Å². The van der Waals surface area contributed by atoms with Crippen LogP contribution in [0, 0.1) is 0 Å². The molecule has 6 heteroatoms. The second-order valence-electron chi connectivity index (χ2n) is 0.0833. The monoisotopic (exact) mass is 176 g/mol. The number of carbonyl (C=O) groups excluding carboxylic acids is 2. The molecule has 0 aliphatic carbocycles. The van der Waals surface area contributed by atoms with Crippen molar-refractivity contribution in [3.05, 3.63) is 0 Å². The number of hydrogen-bond donors (Lipinski definition) is 0. The van der Waals surface area contributed by atoms with Crippen molar-refractivity contribution in [3.63, 3.8) is 0 Å². The van der Waals surface area contributed by atoms with Gasteiger partial charge in [-0.1, -0.05) is 0 Å². The molecule has 0 unspecified atom stereocenters. The second kappa shape index (κ2) is 38.4. The van der Waals surface area contributed by atoms with Crippen LogP contribution in [-0.4, -0.2) is 6.15 Å². The van der Waals surface area contributed by atoms with E-state index >= 15 is 0 Å². The summed E-state index contributed by atoms with van der Waals surface area (Å²) in [6.07, 6.45) is 0.250. The van der Waals surface area contributed by atoms with Gasteiger partial charge in [0.15, 0.2) is 0 Å². The molecule has 0 fully saturated rings. The summed E-state index contributed by atoms with van der Waals surface area (Å²) in [7, 11) is 0. The van der Waals surface area contributed by atoms with Crippen LogP contribution in [0.5, 0.6) is 0 Å². The van der Waals surface area contributed by atoms with Crippen molar-refractivity contribution in [3.8, 4) is 0 Å². The molecule has 0 heterocycles. The Morgan fingerprint density at radius 1 is 1.00 bits per heavy atom. The zero-order valence-corrected chi connectivity index (χ0v) is 10.7. The number of halogens is 2. The Balaban J connectivity index is -0.00000000333. The molecule has 0 saturated heterocycles. The summed E-state index contributed by atoms with van der Waals surface area (Å²) in [6, 6.07) is 0. The molecule has 0 aliphatic rings. The summed E-state index contributed by atoms with van der Waals surface area (Å²) < 4.78 is 0. The predicted molar refractivity (Wildman–Crippen MR) is 5.01 cm³/mol. The van der Waals surface area contributed by atoms with E-state index in [1.807, 2.05) is 0 Å². The topological polar surface area (TPSA) is 34.1 Å². The van der Waals surface area contributed by atoms with Crippen LogP contribution in [0.2, 0.25) is 0 Å². The normalized spacial score (nSPS) is 1.14. The molecule has 0 atom stereocenters. The molecule has 32 valence electrons. The average Bonchev–Trinajstić information content (AvgIpc) is 0.918. The molecule has 0 amide bonds. The van der Waals surface area contributed by atoms with Gasteiger partial charge in [-0.3, -0.25) is 0 Å². The Bertz CT molecular complexity index is 36.7. The molecule has 0 bridgehead atoms. The van der Waals surface area contributed by atoms with E-state index in [-0.39, 0.29) is 112 Å². The minimum Gasteiger partial charge on any atom is -1.00 e. The molecule has 0 aromatic carbocycles. The van der Waals surface area contributed by atoms with Crippen LogP contribution in [0.3, 0.4) is 0 Å². The van der Waals surface area contributed by atoms with E-state index in [1.165, 1.54) is 0 Å². The molecule has 2 nitrogen and oxygen atoms in total. The average molecular weight is 177 g/mol. The second-order valence-corrected chi connectivity index (χ2v) is 0.0833. The van der Waals surface area contributed by atoms with E-state index < -0.39 is 0 Å². The number of rotatable bonds is 0. The Morgan fingerprint density at radius 2 is 1.00 bits per heavy atom. The van der Waals surface area contributed by atoms with E-state index in [1.54, 1.807) is 0 Å². The molecular weight excluding hydrogens is 177 g/mol. The van der Waals surface area contributed by atoms with E-state index in [0.717, 1.165) is 0 Å². The van der Waals surface area contributed by atoms with Gasteiger partial charge in [0.1, 0.15) is 0 Å². The molecule has 0 saturated carbocycles. The van der Waals surface area contributed by atoms with Gasteiger partial charge in [0.05, 0.1) is 0 Å². The quantitative estimate of drug-likeness (QED) is 0.344. The van der Waals surface area contributed by atoms with Crippen LogP contribution in [0.25, 0.3) is 0 Å². The zero-order chi connectivity index (χ0) is 2.71. The largest absolute Gasteiger partial charge is 1.00 e. The maximum Gasteiger partial charge on any atom is 1.00 e. The van der Waals surface area contributed by atoms with Gasteiger partial charge in [-0.15, -0.1) is 0 Å². The molecule has 0 aromatic rings. The van der Waals surface area contributed by atoms with E-state index in [4.69, 9.17) is 9.59 Å². The summed E-state index contributed by atoms with van der Waals surface area (Å²) in [5.41, 5.74) is 0. The third-order valence-electron chi connectivity index (χ3n) is 0. The van der Waals surface area contributed by atoms with Crippen LogP contribution in [0.1, 0.15) is 0 Å². The first-order chi connectivity index (χ1) is 1.41. The fourth-order valence-electron chi connectivity index (χ4n) is 0. The van der Waals surface area contributed by atoms with Crippen LogP contribution < -0.4 is 106 Å². The summed E-state index contributed by atoms with van der Waals surface area (Å²) in [5.74, 6) is 0. The van der Waals surface area contributed by atoms with Crippen LogP contribution in [0.15, 0.2) is 0 Å². The molecule has 7 heavy (non-hydrogen) atoms. The molecule has 0 aliphatic heterocycles. The van der Waals surface area contributed by atoms with Crippen molar-refractivity contribution in [2.75, 3.05) is 0 Å². The summed E-state index contributed by atoms with van der Waals surface area (Å²) >= 11 is 0. The van der Waals surface area contributed by atoms with Gasteiger partial charge in [-0.05, 0) is 0 Å². The van der Waals surface area contributed by atoms with Crippen LogP contribution in [-0.2, 0) is 9.59 Å². The summed E-state index contributed by atoms with van der Waals surface area (Å²) in [4.78, 5) is 16.2. The summed E-state index contributed by atoms with van der Waals surface area (Å²) in [6.45, 7) is 0. The van der Waals surface area contributed by atoms with Crippen LogP contribution >= 0.6 is 0 Å². The van der Waals surface area contributed by atoms with Crippen molar-refractivity contribution < 1.29 is 115 Å². The zero-order valence-electron chi connectivity index (χ0n) is 4.07. The van der Waals surface area contributed by atoms with Crippen molar-refractivity contribution in [2.45, 2.75) is 0 Å². The first-order valence-electron chi connectivity index (χ1n) is 0.408. The van der Waals surface area contributed by atoms with Gasteiger partial charge in [0.2, 0.25) is 0 Å². The minimum atomic E-state index is 0. The van der Waals surface area contributed by atoms with Gasteiger partial charge in [0, 0.05) is 0 Å². The van der Waals surface area contributed by atoms with Gasteiger partial charge < -0.3 is 24.8 Å². The molecule has 0 spiro atoms. The van der Waals surface area contributed by atoms with Crippen LogP contribution in [0.4, 0.5) is 0 Å². The Kier molecular flexibility index (Phi) is 184. The van der Waals surface area contributed by atoms with E-state index in [2.05, 4.69) is 0 Å². The van der Waals surface area contributed by atoms with Gasteiger partial charge in [-0.25, -0.2) is 0 Å². The smallest absolute Gasteiger partial charge is 1.00 e. The fourth-order valence-corrected chi connectivity index (χ4v) is 0. The van der Waals surface area contributed by atoms with E-state index in [0.29, 0.717) is 0 Å². The van der Waals surface area contributed by atoms with Gasteiger partial charge in [-0.2, -0.15) is 9.59 Å². The maximum atomic E-state index is 8.12. The standard InChI is InChI=1S/CO2.2ClH.K.Na/c2-1-3;;;;/h;2*1H;;/q;;;2*+1/p-2. The fraction of sp³-hybridized carbons (Fsp3) is 0. The Labute approximate surface area is 119 Å². The molecule has 0 radical (unpaired) electrons. The first kappa shape index (κ1) is 33.6. The predicted octanol–water partition coefficient (Wildman–Crippen LogP) is -12.6. The first-order valence-corrected chi connectivity index (χ1v) is 0.408. The molecular formula is CCl2KNaO2. The minimum absolute atomic E-state index is 0. The third kappa shape index (κ3) is 55.5. The van der Waals surface area contributed by atoms with Crippen molar-refractivity contribution >= 4 is 6.15 Å². The van der Waals surface area contributed by atoms with Crippen molar-refractivity contribution in [1.29, 1.82) is 0 Å².